The minimum absolute atomic E-state index is 0. The van der Waals surface area contributed by atoms with Crippen molar-refractivity contribution in [2.45, 2.75) is 152 Å². The van der Waals surface area contributed by atoms with Crippen LogP contribution in [0.1, 0.15) is 132 Å². The summed E-state index contributed by atoms with van der Waals surface area (Å²) in [7, 11) is -2.25. The van der Waals surface area contributed by atoms with Crippen molar-refractivity contribution in [1.82, 2.24) is 54.3 Å². The molecule has 31 heteroatoms. The van der Waals surface area contributed by atoms with Crippen LogP contribution in [0.4, 0.5) is 17.5 Å². The molecule has 3 saturated heterocycles. The standard InChI is InChI=1S/C26H29Cl2N5OS2.C22H21Cl2N5S.C21H28N4OS2.C5H2Cl3N.ClH.Na/c1-25(2,3)36(34)32-23-18-7-5-4-6-17(18)14-26(23)9-12-33(13-10-26)20-15-31-21(16-30-20)35-19-8-11-29-24(28)22(19)27;23-19-16(5-8-26-21(19)24)30-18-13-27-17(12-28-18)29-9-6-22(7-10-29)11-14-3-1-2-4-15(14)20(22)25;1-20(2,3)28(26)24-19-16-7-5-4-6-15(16)12-21(19)8-10-25(11-9-21)17-13-23-18(27)14-22-17;6-3-1-2-9-5(8)4(3)7;;/h4-8,11,15-16,23,32H,9-10,12-14H2,1-3H3;1-5,8,12-13,20H,6-7,9-11,25H2;4-7,13-14,19,24H,8-12H2,1-3H3,(H,23,27);1-2H;1H;/q;;;;;+1/p-1/t23-,36-;20-;19-,28-;;;/m111.../s1. The molecule has 5 atom stereocenters. The van der Waals surface area contributed by atoms with E-state index < -0.39 is 22.0 Å². The minimum Gasteiger partial charge on any atom is -0.759 e. The summed E-state index contributed by atoms with van der Waals surface area (Å²) in [5.74, 6) is 2.66. The van der Waals surface area contributed by atoms with E-state index in [1.807, 2.05) is 66.1 Å². The zero-order chi connectivity index (χ0) is 73.0. The van der Waals surface area contributed by atoms with Gasteiger partial charge in [0.25, 0.3) is 0 Å². The van der Waals surface area contributed by atoms with E-state index in [1.54, 1.807) is 43.2 Å². The number of anilines is 3. The number of nitrogens with one attached hydrogen (secondary N) is 2. The number of hydrogen-bond donors (Lipinski definition) is 3. The Morgan fingerprint density at radius 1 is 0.457 bits per heavy atom. The number of fused-ring (bicyclic) bond motifs is 3. The maximum Gasteiger partial charge on any atom is 1.00 e. The van der Waals surface area contributed by atoms with Crippen LogP contribution in [0.2, 0.25) is 35.5 Å². The molecule has 9 heterocycles. The molecule has 17 nitrogen and oxygen atoms in total. The van der Waals surface area contributed by atoms with E-state index in [9.17, 15) is 8.42 Å². The number of halogens is 8. The molecule has 0 bridgehead atoms. The third-order valence-corrected chi connectivity index (χ3v) is 28.4. The first-order chi connectivity index (χ1) is 49.2. The second-order valence-corrected chi connectivity index (χ2v) is 37.7. The average Bonchev–Trinajstić information content (AvgIpc) is 1.61. The number of piperidine rings is 3. The number of pyridine rings is 3. The van der Waals surface area contributed by atoms with Gasteiger partial charge < -0.3 is 33.1 Å². The molecule has 3 spiro atoms. The molecule has 15 rings (SSSR count). The van der Waals surface area contributed by atoms with Gasteiger partial charge in [-0.1, -0.05) is 183 Å². The first-order valence-electron chi connectivity index (χ1n) is 33.9. The maximum absolute atomic E-state index is 13.1. The van der Waals surface area contributed by atoms with Gasteiger partial charge in [0.2, 0.25) is 0 Å². The molecule has 6 aromatic heterocycles. The molecule has 3 aliphatic carbocycles. The van der Waals surface area contributed by atoms with Crippen LogP contribution in [0.5, 0.6) is 0 Å². The van der Waals surface area contributed by atoms with Gasteiger partial charge >= 0.3 is 29.6 Å². The molecule has 0 unspecified atom stereocenters. The van der Waals surface area contributed by atoms with E-state index >= 15 is 0 Å². The number of hydrogen-bond acceptors (Lipinski definition) is 18. The Kier molecular flexibility index (Phi) is 28.8. The van der Waals surface area contributed by atoms with Crippen LogP contribution in [0.15, 0.2) is 172 Å². The third kappa shape index (κ3) is 19.6. The van der Waals surface area contributed by atoms with Gasteiger partial charge in [-0.05, 0) is 167 Å². The molecule has 4 N–H and O–H groups in total. The van der Waals surface area contributed by atoms with Crippen LogP contribution in [0.25, 0.3) is 0 Å². The second-order valence-electron chi connectivity index (χ2n) is 28.6. The first kappa shape index (κ1) is 83.6. The molecule has 550 valence electrons. The summed E-state index contributed by atoms with van der Waals surface area (Å²) >= 11 is 49.0. The summed E-state index contributed by atoms with van der Waals surface area (Å²) in [6, 6.07) is 31.4. The zero-order valence-electron chi connectivity index (χ0n) is 59.1. The van der Waals surface area contributed by atoms with Crippen LogP contribution in [0.3, 0.4) is 0 Å². The number of rotatable bonds is 11. The molecule has 105 heavy (non-hydrogen) atoms. The molecule has 3 aliphatic heterocycles. The predicted octanol–water partition coefficient (Wildman–Crippen LogP) is 15.2. The number of nitrogens with two attached hydrogens (primary N) is 1. The van der Waals surface area contributed by atoms with E-state index in [2.05, 4.69) is 137 Å². The molecule has 9 aromatic rings. The molecule has 0 saturated carbocycles. The Bertz CT molecular complexity index is 4490. The third-order valence-electron chi connectivity index (χ3n) is 20.1. The van der Waals surface area contributed by atoms with Crippen molar-refractivity contribution in [3.8, 4) is 0 Å². The largest absolute Gasteiger partial charge is 1.00 e. The zero-order valence-corrected chi connectivity index (χ0v) is 71.2. The molecular weight excluding hydrogens is 1600 g/mol. The fourth-order valence-electron chi connectivity index (χ4n) is 14.4. The Morgan fingerprint density at radius 2 is 0.800 bits per heavy atom. The summed E-state index contributed by atoms with van der Waals surface area (Å²) in [4.78, 5) is 47.3. The molecular formula is C74H80Cl8N15NaO2S5. The topological polar surface area (TPSA) is 210 Å². The van der Waals surface area contributed by atoms with Crippen molar-refractivity contribution < 1.29 is 38.0 Å². The van der Waals surface area contributed by atoms with Crippen LogP contribution < -0.4 is 59.4 Å². The van der Waals surface area contributed by atoms with Crippen molar-refractivity contribution in [1.29, 1.82) is 0 Å². The van der Waals surface area contributed by atoms with E-state index in [0.29, 0.717) is 30.3 Å². The van der Waals surface area contributed by atoms with E-state index in [0.717, 1.165) is 134 Å². The summed E-state index contributed by atoms with van der Waals surface area (Å²) < 4.78 is 32.5. The van der Waals surface area contributed by atoms with E-state index in [-0.39, 0.29) is 96.1 Å². The number of benzene rings is 3. The Labute approximate surface area is 697 Å². The van der Waals surface area contributed by atoms with E-state index in [4.69, 9.17) is 105 Å². The normalized spacial score (nSPS) is 19.3. The maximum atomic E-state index is 13.1. The van der Waals surface area contributed by atoms with E-state index in [1.165, 1.54) is 63.1 Å². The quantitative estimate of drug-likeness (QED) is 0.0624. The summed E-state index contributed by atoms with van der Waals surface area (Å²) in [6.45, 7) is 17.6. The van der Waals surface area contributed by atoms with Gasteiger partial charge in [0.15, 0.2) is 0 Å². The molecule has 3 aromatic carbocycles. The molecule has 3 fully saturated rings. The number of aromatic nitrogens is 9. The Morgan fingerprint density at radius 3 is 1.15 bits per heavy atom. The minimum atomic E-state index is -1.14. The van der Waals surface area contributed by atoms with Gasteiger partial charge in [0, 0.05) is 79.9 Å². The van der Waals surface area contributed by atoms with Gasteiger partial charge in [-0.2, -0.15) is 0 Å². The van der Waals surface area contributed by atoms with Crippen LogP contribution in [-0.4, -0.2) is 102 Å². The molecule has 6 aliphatic rings. The SMILES string of the molecule is CC(C)(C)[S@@](=O)N[C@@H]1c2ccccc2CC12CCN(c1cnc(Sc3ccnc(Cl)c3Cl)cn1)CC2.CC(C)(C)[S@@](=O)N[C@@H]1c2ccccc2CC12CCN(c1cnc([S-])cn1)CC2.Cl.Clc1ccnc(Cl)c1Cl.N[C@@H]1c2ccccc2CC12CCN(c1cnc(Sc3ccnc(Cl)c3Cl)cn1)CC2.[Na+]. The monoisotopic (exact) mass is 1670 g/mol. The average molecular weight is 1680 g/mol. The van der Waals surface area contributed by atoms with Crippen LogP contribution in [-0.2, 0) is 53.9 Å². The van der Waals surface area contributed by atoms with Crippen molar-refractivity contribution >= 4 is 169 Å². The summed E-state index contributed by atoms with van der Waals surface area (Å²) in [5.41, 5.74) is 15.1. The first-order valence-corrected chi connectivity index (χ1v) is 40.8. The van der Waals surface area contributed by atoms with Gasteiger partial charge in [-0.15, -0.1) is 12.4 Å². The predicted molar refractivity (Wildman–Crippen MR) is 432 cm³/mol. The summed E-state index contributed by atoms with van der Waals surface area (Å²) in [5, 5.41) is 4.44. The smallest absolute Gasteiger partial charge is 0.759 e. The van der Waals surface area contributed by atoms with Crippen molar-refractivity contribution in [2.75, 3.05) is 54.0 Å². The van der Waals surface area contributed by atoms with Crippen LogP contribution in [0, 0.1) is 16.2 Å². The fourth-order valence-corrected chi connectivity index (χ4v) is 19.3. The van der Waals surface area contributed by atoms with Crippen molar-refractivity contribution in [2.24, 2.45) is 22.0 Å². The fraction of sp³-hybridized carbons (Fsp3) is 0.392. The summed E-state index contributed by atoms with van der Waals surface area (Å²) in [6.07, 6.45) is 24.7. The Balaban J connectivity index is 0.000000159. The van der Waals surface area contributed by atoms with Crippen molar-refractivity contribution in [3.63, 3.8) is 0 Å². The van der Waals surface area contributed by atoms with Gasteiger partial charge in [0.05, 0.1) is 94.6 Å². The second kappa shape index (κ2) is 36.1. The van der Waals surface area contributed by atoms with Crippen molar-refractivity contribution in [3.05, 3.63) is 216 Å². The van der Waals surface area contributed by atoms with Gasteiger partial charge in [-0.3, -0.25) is 4.98 Å². The van der Waals surface area contributed by atoms with Gasteiger partial charge in [0.1, 0.15) is 43.0 Å². The number of nitrogens with zero attached hydrogens (tertiary/aromatic N) is 12. The molecule has 0 amide bonds. The van der Waals surface area contributed by atoms with Gasteiger partial charge in [-0.25, -0.2) is 57.7 Å². The van der Waals surface area contributed by atoms with Crippen LogP contribution >= 0.6 is 117 Å². The molecule has 0 radical (unpaired) electrons. The Hall–Kier alpha value is -3.83.